The first-order chi connectivity index (χ1) is 9.24. The van der Waals surface area contributed by atoms with Crippen molar-refractivity contribution in [1.29, 1.82) is 5.26 Å². The van der Waals surface area contributed by atoms with E-state index >= 15 is 0 Å². The fourth-order valence-electron chi connectivity index (χ4n) is 2.47. The fraction of sp³-hybridized carbons (Fsp3) is 0.467. The normalized spacial score (nSPS) is 15.9. The molecule has 0 amide bonds. The smallest absolute Gasteiger partial charge is 0.337 e. The van der Waals surface area contributed by atoms with Crippen LogP contribution in [0.4, 0.5) is 5.69 Å². The summed E-state index contributed by atoms with van der Waals surface area (Å²) in [6, 6.07) is 9.77. The average molecular weight is 258 g/mol. The van der Waals surface area contributed by atoms with Crippen LogP contribution in [0.2, 0.25) is 0 Å². The molecular formula is C15H18N2O2. The van der Waals surface area contributed by atoms with E-state index in [2.05, 4.69) is 11.0 Å². The van der Waals surface area contributed by atoms with Crippen LogP contribution in [0.3, 0.4) is 0 Å². The molecule has 4 heteroatoms. The minimum Gasteiger partial charge on any atom is -0.465 e. The summed E-state index contributed by atoms with van der Waals surface area (Å²) < 4.78 is 4.73. The average Bonchev–Trinajstić information content (AvgIpc) is 2.48. The van der Waals surface area contributed by atoms with Gasteiger partial charge in [-0.1, -0.05) is 6.07 Å². The van der Waals surface area contributed by atoms with Crippen molar-refractivity contribution >= 4 is 11.7 Å². The molecule has 4 nitrogen and oxygen atoms in total. The zero-order valence-corrected chi connectivity index (χ0v) is 11.1. The van der Waals surface area contributed by atoms with Gasteiger partial charge in [-0.15, -0.1) is 0 Å². The van der Waals surface area contributed by atoms with E-state index in [9.17, 15) is 4.79 Å². The zero-order chi connectivity index (χ0) is 13.7. The van der Waals surface area contributed by atoms with Crippen LogP contribution in [0.15, 0.2) is 24.3 Å². The number of hydrogen-bond acceptors (Lipinski definition) is 4. The minimum absolute atomic E-state index is 0.304. The molecule has 1 saturated heterocycles. The molecule has 0 bridgehead atoms. The summed E-state index contributed by atoms with van der Waals surface area (Å²) in [6.45, 7) is 1.88. The summed E-state index contributed by atoms with van der Waals surface area (Å²) in [4.78, 5) is 13.8. The number of methoxy groups -OCH3 is 1. The Balaban J connectivity index is 2.03. The molecular weight excluding hydrogens is 240 g/mol. The van der Waals surface area contributed by atoms with Crippen molar-refractivity contribution in [2.75, 3.05) is 25.1 Å². The van der Waals surface area contributed by atoms with Crippen LogP contribution in [0.25, 0.3) is 0 Å². The van der Waals surface area contributed by atoms with Gasteiger partial charge in [0, 0.05) is 25.2 Å². The van der Waals surface area contributed by atoms with E-state index in [0.29, 0.717) is 17.9 Å². The van der Waals surface area contributed by atoms with Crippen molar-refractivity contribution in [3.8, 4) is 6.07 Å². The molecule has 1 aliphatic rings. The number of benzene rings is 1. The topological polar surface area (TPSA) is 53.3 Å². The van der Waals surface area contributed by atoms with E-state index in [1.165, 1.54) is 7.11 Å². The van der Waals surface area contributed by atoms with E-state index in [1.807, 2.05) is 18.2 Å². The van der Waals surface area contributed by atoms with Crippen LogP contribution in [-0.4, -0.2) is 26.2 Å². The maximum absolute atomic E-state index is 11.5. The lowest BCUT2D eigenvalue weighted by Gasteiger charge is -2.32. The van der Waals surface area contributed by atoms with Crippen molar-refractivity contribution in [2.24, 2.45) is 5.92 Å². The number of esters is 1. The number of anilines is 1. The molecule has 0 unspecified atom stereocenters. The Morgan fingerprint density at radius 1 is 1.47 bits per heavy atom. The highest BCUT2D eigenvalue weighted by atomic mass is 16.5. The second-order valence-electron chi connectivity index (χ2n) is 4.83. The van der Waals surface area contributed by atoms with Gasteiger partial charge in [-0.25, -0.2) is 4.79 Å². The molecule has 0 atom stereocenters. The van der Waals surface area contributed by atoms with Gasteiger partial charge in [0.15, 0.2) is 0 Å². The number of hydrogen-bond donors (Lipinski definition) is 0. The number of nitrogens with zero attached hydrogens (tertiary/aromatic N) is 2. The summed E-state index contributed by atoms with van der Waals surface area (Å²) in [5.41, 5.74) is 1.64. The predicted octanol–water partition coefficient (Wildman–Crippen LogP) is 2.60. The Bertz CT molecular complexity index is 485. The molecule has 0 aromatic heterocycles. The molecule has 0 radical (unpaired) electrons. The Morgan fingerprint density at radius 2 is 2.21 bits per heavy atom. The molecule has 0 N–H and O–H groups in total. The Kier molecular flexibility index (Phi) is 4.40. The first-order valence-corrected chi connectivity index (χ1v) is 6.55. The molecule has 2 rings (SSSR count). The van der Waals surface area contributed by atoms with Gasteiger partial charge in [0.1, 0.15) is 0 Å². The summed E-state index contributed by atoms with van der Waals surface area (Å²) in [5.74, 6) is 0.214. The van der Waals surface area contributed by atoms with Gasteiger partial charge >= 0.3 is 5.97 Å². The molecule has 1 fully saturated rings. The van der Waals surface area contributed by atoms with Crippen molar-refractivity contribution in [3.05, 3.63) is 29.8 Å². The number of nitriles is 1. The summed E-state index contributed by atoms with van der Waals surface area (Å²) >= 11 is 0. The van der Waals surface area contributed by atoms with Gasteiger partial charge in [0.25, 0.3) is 0 Å². The summed E-state index contributed by atoms with van der Waals surface area (Å²) in [6.07, 6.45) is 2.72. The molecule has 0 saturated carbocycles. The number of ether oxygens (including phenoxy) is 1. The molecule has 1 aliphatic heterocycles. The monoisotopic (exact) mass is 258 g/mol. The Morgan fingerprint density at radius 3 is 2.84 bits per heavy atom. The van der Waals surface area contributed by atoms with Crippen LogP contribution in [-0.2, 0) is 4.74 Å². The Hall–Kier alpha value is -2.02. The van der Waals surface area contributed by atoms with E-state index in [4.69, 9.17) is 10.00 Å². The molecule has 0 spiro atoms. The van der Waals surface area contributed by atoms with Gasteiger partial charge in [-0.05, 0) is 37.0 Å². The third-order valence-corrected chi connectivity index (χ3v) is 3.63. The van der Waals surface area contributed by atoms with Crippen LogP contribution in [0, 0.1) is 17.2 Å². The fourth-order valence-corrected chi connectivity index (χ4v) is 2.47. The highest BCUT2D eigenvalue weighted by Gasteiger charge is 2.19. The van der Waals surface area contributed by atoms with Gasteiger partial charge in [0.2, 0.25) is 0 Å². The first-order valence-electron chi connectivity index (χ1n) is 6.55. The molecule has 1 heterocycles. The number of carbonyl (C=O) groups excluding carboxylic acids is 1. The second kappa shape index (κ2) is 6.24. The minimum atomic E-state index is -0.304. The van der Waals surface area contributed by atoms with E-state index in [-0.39, 0.29) is 5.97 Å². The van der Waals surface area contributed by atoms with Crippen molar-refractivity contribution in [2.45, 2.75) is 19.3 Å². The van der Waals surface area contributed by atoms with Crippen LogP contribution in [0.5, 0.6) is 0 Å². The van der Waals surface area contributed by atoms with E-state index < -0.39 is 0 Å². The third-order valence-electron chi connectivity index (χ3n) is 3.63. The SMILES string of the molecule is COC(=O)c1cccc(N2CCC(CC#N)CC2)c1. The second-order valence-corrected chi connectivity index (χ2v) is 4.83. The zero-order valence-electron chi connectivity index (χ0n) is 11.1. The number of rotatable bonds is 3. The van der Waals surface area contributed by atoms with Gasteiger partial charge in [-0.3, -0.25) is 0 Å². The van der Waals surface area contributed by atoms with Crippen molar-refractivity contribution in [1.82, 2.24) is 0 Å². The lowest BCUT2D eigenvalue weighted by molar-refractivity contribution is 0.0601. The quantitative estimate of drug-likeness (QED) is 0.782. The largest absolute Gasteiger partial charge is 0.465 e. The van der Waals surface area contributed by atoms with E-state index in [0.717, 1.165) is 31.6 Å². The maximum Gasteiger partial charge on any atom is 0.337 e. The highest BCUT2D eigenvalue weighted by Crippen LogP contribution is 2.25. The first kappa shape index (κ1) is 13.4. The molecule has 0 aliphatic carbocycles. The highest BCUT2D eigenvalue weighted by molar-refractivity contribution is 5.90. The van der Waals surface area contributed by atoms with Crippen LogP contribution < -0.4 is 4.90 Å². The molecule has 19 heavy (non-hydrogen) atoms. The van der Waals surface area contributed by atoms with E-state index in [1.54, 1.807) is 6.07 Å². The Labute approximate surface area is 113 Å². The molecule has 1 aromatic rings. The maximum atomic E-state index is 11.5. The number of carbonyl (C=O) groups is 1. The molecule has 1 aromatic carbocycles. The standard InChI is InChI=1S/C15H18N2O2/c1-19-15(18)13-3-2-4-14(11-13)17-9-6-12(5-8-16)7-10-17/h2-4,11-12H,5-7,9-10H2,1H3. The van der Waals surface area contributed by atoms with Crippen LogP contribution in [0.1, 0.15) is 29.6 Å². The van der Waals surface area contributed by atoms with Gasteiger partial charge < -0.3 is 9.64 Å². The summed E-state index contributed by atoms with van der Waals surface area (Å²) in [7, 11) is 1.39. The number of piperidine rings is 1. The summed E-state index contributed by atoms with van der Waals surface area (Å²) in [5, 5.41) is 8.71. The van der Waals surface area contributed by atoms with Crippen molar-refractivity contribution < 1.29 is 9.53 Å². The molecule has 100 valence electrons. The third kappa shape index (κ3) is 3.25. The lowest BCUT2D eigenvalue weighted by Crippen LogP contribution is -2.33. The lowest BCUT2D eigenvalue weighted by atomic mass is 9.94. The van der Waals surface area contributed by atoms with Gasteiger partial charge in [-0.2, -0.15) is 5.26 Å². The predicted molar refractivity (Wildman–Crippen MR) is 72.9 cm³/mol. The van der Waals surface area contributed by atoms with Crippen molar-refractivity contribution in [3.63, 3.8) is 0 Å². The van der Waals surface area contributed by atoms with Gasteiger partial charge in [0.05, 0.1) is 18.7 Å². The van der Waals surface area contributed by atoms with Crippen LogP contribution >= 0.6 is 0 Å².